The second kappa shape index (κ2) is 9.15. The van der Waals surface area contributed by atoms with E-state index in [9.17, 15) is 14.4 Å². The predicted molar refractivity (Wildman–Crippen MR) is 99.9 cm³/mol. The molecule has 2 amide bonds. The van der Waals surface area contributed by atoms with Crippen molar-refractivity contribution < 1.29 is 19.5 Å². The third-order valence-electron chi connectivity index (χ3n) is 3.60. The van der Waals surface area contributed by atoms with E-state index in [2.05, 4.69) is 10.6 Å². The molecule has 138 valence electrons. The van der Waals surface area contributed by atoms with Gasteiger partial charge in [0, 0.05) is 11.3 Å². The number of thiophene rings is 1. The number of rotatable bonds is 8. The Morgan fingerprint density at radius 3 is 2.35 bits per heavy atom. The molecule has 0 spiro atoms. The number of nitrogens with one attached hydrogen (secondary N) is 2. The van der Waals surface area contributed by atoms with Crippen molar-refractivity contribution in [2.45, 2.75) is 32.9 Å². The molecular formula is C19H22N2O4S. The minimum atomic E-state index is -0.990. The van der Waals surface area contributed by atoms with Crippen LogP contribution in [0.3, 0.4) is 0 Å². The average molecular weight is 374 g/mol. The lowest BCUT2D eigenvalue weighted by atomic mass is 10.0. The first-order valence-corrected chi connectivity index (χ1v) is 9.12. The number of hydrogen-bond donors (Lipinski definition) is 3. The second-order valence-electron chi connectivity index (χ2n) is 6.30. The zero-order valence-electron chi connectivity index (χ0n) is 14.7. The predicted octanol–water partition coefficient (Wildman–Crippen LogP) is 2.97. The Morgan fingerprint density at radius 1 is 1.08 bits per heavy atom. The number of carboxylic acids is 1. The summed E-state index contributed by atoms with van der Waals surface area (Å²) in [5.74, 6) is -1.32. The highest BCUT2D eigenvalue weighted by atomic mass is 32.1. The molecule has 7 heteroatoms. The van der Waals surface area contributed by atoms with Gasteiger partial charge in [-0.15, -0.1) is 11.3 Å². The van der Waals surface area contributed by atoms with E-state index in [-0.39, 0.29) is 29.2 Å². The first-order valence-electron chi connectivity index (χ1n) is 8.31. The zero-order chi connectivity index (χ0) is 19.1. The largest absolute Gasteiger partial charge is 0.477 e. The van der Waals surface area contributed by atoms with Crippen LogP contribution in [0.25, 0.3) is 0 Å². The molecule has 1 heterocycles. The van der Waals surface area contributed by atoms with Gasteiger partial charge in [0.2, 0.25) is 11.8 Å². The van der Waals surface area contributed by atoms with Crippen LogP contribution < -0.4 is 10.6 Å². The molecule has 0 aliphatic carbocycles. The highest BCUT2D eigenvalue weighted by molar-refractivity contribution is 7.13. The van der Waals surface area contributed by atoms with Gasteiger partial charge in [0.15, 0.2) is 0 Å². The summed E-state index contributed by atoms with van der Waals surface area (Å²) in [6.07, 6.45) is 0.337. The van der Waals surface area contributed by atoms with E-state index in [0.717, 1.165) is 16.2 Å². The van der Waals surface area contributed by atoms with Gasteiger partial charge in [-0.3, -0.25) is 9.59 Å². The molecule has 1 aromatic carbocycles. The molecule has 0 saturated heterocycles. The van der Waals surface area contributed by atoms with Crippen LogP contribution in [0.1, 0.15) is 46.4 Å². The molecule has 0 radical (unpaired) electrons. The van der Waals surface area contributed by atoms with Gasteiger partial charge < -0.3 is 15.7 Å². The number of carboxylic acid groups (broad SMARTS) is 1. The Kier molecular flexibility index (Phi) is 6.91. The average Bonchev–Trinajstić information content (AvgIpc) is 3.07. The monoisotopic (exact) mass is 374 g/mol. The van der Waals surface area contributed by atoms with E-state index >= 15 is 0 Å². The molecule has 0 bridgehead atoms. The summed E-state index contributed by atoms with van der Waals surface area (Å²) in [6, 6.07) is 11.4. The number of benzene rings is 1. The summed E-state index contributed by atoms with van der Waals surface area (Å²) < 4.78 is 0. The normalized spacial score (nSPS) is 11.8. The van der Waals surface area contributed by atoms with Gasteiger partial charge in [-0.05, 0) is 23.6 Å². The van der Waals surface area contributed by atoms with Gasteiger partial charge in [-0.25, -0.2) is 4.79 Å². The molecule has 0 aliphatic rings. The van der Waals surface area contributed by atoms with Crippen molar-refractivity contribution >= 4 is 29.1 Å². The Labute approximate surface area is 156 Å². The van der Waals surface area contributed by atoms with Crippen molar-refractivity contribution in [2.24, 2.45) is 5.92 Å². The minimum Gasteiger partial charge on any atom is -0.477 e. The van der Waals surface area contributed by atoms with Crippen molar-refractivity contribution in [1.29, 1.82) is 0 Å². The van der Waals surface area contributed by atoms with E-state index in [0.29, 0.717) is 12.0 Å². The van der Waals surface area contributed by atoms with Crippen LogP contribution in [0.2, 0.25) is 0 Å². The fraction of sp³-hybridized carbons (Fsp3) is 0.316. The summed E-state index contributed by atoms with van der Waals surface area (Å²) >= 11 is 1.11. The molecule has 0 aliphatic heterocycles. The number of carbonyl (C=O) groups excluding carboxylic acids is 2. The summed E-state index contributed by atoms with van der Waals surface area (Å²) in [5, 5.41) is 14.5. The maximum Gasteiger partial charge on any atom is 0.345 e. The smallest absolute Gasteiger partial charge is 0.345 e. The van der Waals surface area contributed by atoms with Crippen molar-refractivity contribution in [3.05, 3.63) is 57.8 Å². The van der Waals surface area contributed by atoms with Gasteiger partial charge in [-0.1, -0.05) is 44.2 Å². The quantitative estimate of drug-likeness (QED) is 0.662. The molecule has 1 atom stereocenters. The molecule has 1 unspecified atom stereocenters. The highest BCUT2D eigenvalue weighted by Gasteiger charge is 2.23. The van der Waals surface area contributed by atoms with Crippen molar-refractivity contribution in [3.8, 4) is 0 Å². The first-order chi connectivity index (χ1) is 12.4. The van der Waals surface area contributed by atoms with Gasteiger partial charge >= 0.3 is 5.97 Å². The van der Waals surface area contributed by atoms with Crippen LogP contribution in [-0.2, 0) is 16.1 Å². The first kappa shape index (κ1) is 19.7. The summed E-state index contributed by atoms with van der Waals surface area (Å²) in [5.41, 5.74) is 0.694. The van der Waals surface area contributed by atoms with Gasteiger partial charge in [-0.2, -0.15) is 0 Å². The molecule has 6 nitrogen and oxygen atoms in total. The number of hydrogen-bond acceptors (Lipinski definition) is 4. The van der Waals surface area contributed by atoms with Crippen LogP contribution >= 0.6 is 11.3 Å². The van der Waals surface area contributed by atoms with Gasteiger partial charge in [0.05, 0.1) is 6.54 Å². The van der Waals surface area contributed by atoms with E-state index in [4.69, 9.17) is 5.11 Å². The fourth-order valence-corrected chi connectivity index (χ4v) is 3.19. The SMILES string of the molecule is CC(C)CC(=O)NC(C(=O)NCc1ccc(C(=O)O)s1)c1ccccc1. The number of aromatic carboxylic acids is 1. The Morgan fingerprint density at radius 2 is 1.77 bits per heavy atom. The summed E-state index contributed by atoms with van der Waals surface area (Å²) in [6.45, 7) is 4.09. The Bertz CT molecular complexity index is 771. The third-order valence-corrected chi connectivity index (χ3v) is 4.68. The molecular weight excluding hydrogens is 352 g/mol. The molecule has 1 aromatic heterocycles. The van der Waals surface area contributed by atoms with Crippen LogP contribution in [0.4, 0.5) is 0 Å². The Hall–Kier alpha value is -2.67. The van der Waals surface area contributed by atoms with Gasteiger partial charge in [0.1, 0.15) is 10.9 Å². The Balaban J connectivity index is 2.06. The van der Waals surface area contributed by atoms with E-state index in [1.54, 1.807) is 18.2 Å². The number of amides is 2. The van der Waals surface area contributed by atoms with E-state index < -0.39 is 12.0 Å². The molecule has 0 saturated carbocycles. The standard InChI is InChI=1S/C19H22N2O4S/c1-12(2)10-16(22)21-17(13-6-4-3-5-7-13)18(23)20-11-14-8-9-15(26-14)19(24)25/h3-9,12,17H,10-11H2,1-2H3,(H,20,23)(H,21,22)(H,24,25). The summed E-state index contributed by atoms with van der Waals surface area (Å²) in [7, 11) is 0. The maximum absolute atomic E-state index is 12.6. The van der Waals surface area contributed by atoms with E-state index in [1.165, 1.54) is 6.07 Å². The molecule has 2 rings (SSSR count). The summed E-state index contributed by atoms with van der Waals surface area (Å²) in [4.78, 5) is 36.7. The van der Waals surface area contributed by atoms with E-state index in [1.807, 2.05) is 32.0 Å². The topological polar surface area (TPSA) is 95.5 Å². The molecule has 2 aromatic rings. The van der Waals surface area contributed by atoms with Crippen molar-refractivity contribution in [1.82, 2.24) is 10.6 Å². The third kappa shape index (κ3) is 5.70. The lowest BCUT2D eigenvalue weighted by Crippen LogP contribution is -2.40. The molecule has 0 fully saturated rings. The fourth-order valence-electron chi connectivity index (χ4n) is 2.40. The minimum absolute atomic E-state index is 0.187. The van der Waals surface area contributed by atoms with Crippen molar-refractivity contribution in [3.63, 3.8) is 0 Å². The zero-order valence-corrected chi connectivity index (χ0v) is 15.5. The van der Waals surface area contributed by atoms with Crippen molar-refractivity contribution in [2.75, 3.05) is 0 Å². The molecule has 3 N–H and O–H groups in total. The number of carbonyl (C=O) groups is 3. The maximum atomic E-state index is 12.6. The lowest BCUT2D eigenvalue weighted by Gasteiger charge is -2.19. The van der Waals surface area contributed by atoms with Crippen LogP contribution in [0.5, 0.6) is 0 Å². The second-order valence-corrected chi connectivity index (χ2v) is 7.47. The highest BCUT2D eigenvalue weighted by Crippen LogP contribution is 2.18. The van der Waals surface area contributed by atoms with Crippen LogP contribution in [0, 0.1) is 5.92 Å². The van der Waals surface area contributed by atoms with Crippen LogP contribution in [-0.4, -0.2) is 22.9 Å². The van der Waals surface area contributed by atoms with Gasteiger partial charge in [0.25, 0.3) is 0 Å². The lowest BCUT2D eigenvalue weighted by molar-refractivity contribution is -0.129. The molecule has 26 heavy (non-hydrogen) atoms. The van der Waals surface area contributed by atoms with Crippen LogP contribution in [0.15, 0.2) is 42.5 Å².